The molecule has 0 spiro atoms. The number of anilines is 1. The highest BCUT2D eigenvalue weighted by Gasteiger charge is 2.29. The molecule has 0 aliphatic heterocycles. The fourth-order valence-electron chi connectivity index (χ4n) is 2.99. The maximum Gasteiger partial charge on any atom is 0.341 e. The first-order valence-corrected chi connectivity index (χ1v) is 10.5. The van der Waals surface area contributed by atoms with Crippen LogP contribution in [-0.2, 0) is 22.4 Å². The Hall–Kier alpha value is -1.86. The highest BCUT2D eigenvalue weighted by atomic mass is 32.2. The van der Waals surface area contributed by atoms with Crippen LogP contribution in [0.25, 0.3) is 0 Å². The molecule has 0 saturated heterocycles. The van der Waals surface area contributed by atoms with Gasteiger partial charge in [-0.1, -0.05) is 24.8 Å². The lowest BCUT2D eigenvalue weighted by atomic mass is 9.88. The minimum atomic E-state index is -0.341. The molecule has 0 bridgehead atoms. The van der Waals surface area contributed by atoms with Crippen molar-refractivity contribution in [1.29, 1.82) is 0 Å². The summed E-state index contributed by atoms with van der Waals surface area (Å²) in [7, 11) is 0. The van der Waals surface area contributed by atoms with Crippen molar-refractivity contribution < 1.29 is 14.3 Å². The normalized spacial score (nSPS) is 16.0. The average molecular weight is 391 g/mol. The van der Waals surface area contributed by atoms with Crippen molar-refractivity contribution >= 4 is 40.0 Å². The Labute approximate surface area is 161 Å². The van der Waals surface area contributed by atoms with E-state index >= 15 is 0 Å². The second kappa shape index (κ2) is 8.68. The van der Waals surface area contributed by atoms with E-state index < -0.39 is 0 Å². The second-order valence-electron chi connectivity index (χ2n) is 6.28. The molecule has 26 heavy (non-hydrogen) atoms. The Morgan fingerprint density at radius 3 is 3.00 bits per heavy atom. The first-order valence-electron chi connectivity index (χ1n) is 8.73. The molecule has 5 nitrogen and oxygen atoms in total. The number of carbonyl (C=O) groups excluding carboxylic acids is 2. The van der Waals surface area contributed by atoms with Gasteiger partial charge in [0.2, 0.25) is 5.91 Å². The summed E-state index contributed by atoms with van der Waals surface area (Å²) in [6.07, 6.45) is 4.57. The highest BCUT2D eigenvalue weighted by molar-refractivity contribution is 7.99. The number of thioether (sulfide) groups is 1. The number of ether oxygens (including phenoxy) is 1. The van der Waals surface area contributed by atoms with Gasteiger partial charge >= 0.3 is 5.97 Å². The van der Waals surface area contributed by atoms with Crippen LogP contribution in [0.1, 0.15) is 41.1 Å². The molecular weight excluding hydrogens is 368 g/mol. The van der Waals surface area contributed by atoms with Gasteiger partial charge in [-0.15, -0.1) is 11.3 Å². The van der Waals surface area contributed by atoms with E-state index in [0.29, 0.717) is 23.1 Å². The third-order valence-corrected chi connectivity index (χ3v) is 6.35. The van der Waals surface area contributed by atoms with Gasteiger partial charge in [0, 0.05) is 11.1 Å². The Balaban J connectivity index is 1.75. The van der Waals surface area contributed by atoms with Crippen molar-refractivity contribution in [3.05, 3.63) is 40.4 Å². The smallest absolute Gasteiger partial charge is 0.341 e. The largest absolute Gasteiger partial charge is 0.462 e. The van der Waals surface area contributed by atoms with E-state index in [1.165, 1.54) is 28.0 Å². The molecule has 0 unspecified atom stereocenters. The molecule has 2 aromatic heterocycles. The molecule has 7 heteroatoms. The summed E-state index contributed by atoms with van der Waals surface area (Å²) in [6, 6.07) is 5.60. The number of fused-ring (bicyclic) bond motifs is 1. The van der Waals surface area contributed by atoms with Gasteiger partial charge in [-0.25, -0.2) is 9.78 Å². The number of hydrogen-bond acceptors (Lipinski definition) is 6. The molecule has 0 aromatic carbocycles. The lowest BCUT2D eigenvalue weighted by molar-refractivity contribution is -0.113. The van der Waals surface area contributed by atoms with Crippen LogP contribution < -0.4 is 5.32 Å². The van der Waals surface area contributed by atoms with Gasteiger partial charge in [0.1, 0.15) is 5.00 Å². The number of amides is 1. The van der Waals surface area contributed by atoms with Gasteiger partial charge in [0.25, 0.3) is 0 Å². The quantitative estimate of drug-likeness (QED) is 0.592. The van der Waals surface area contributed by atoms with Crippen LogP contribution in [0.3, 0.4) is 0 Å². The van der Waals surface area contributed by atoms with Crippen molar-refractivity contribution in [2.45, 2.75) is 38.1 Å². The molecule has 1 aliphatic rings. The third kappa shape index (κ3) is 4.45. The number of nitrogens with zero attached hydrogens (tertiary/aromatic N) is 1. The Kier molecular flexibility index (Phi) is 6.32. The van der Waals surface area contributed by atoms with Crippen LogP contribution in [0, 0.1) is 5.92 Å². The summed E-state index contributed by atoms with van der Waals surface area (Å²) < 4.78 is 5.23. The van der Waals surface area contributed by atoms with E-state index in [4.69, 9.17) is 4.74 Å². The first-order chi connectivity index (χ1) is 12.6. The van der Waals surface area contributed by atoms with Gasteiger partial charge in [-0.05, 0) is 49.8 Å². The van der Waals surface area contributed by atoms with E-state index in [-0.39, 0.29) is 17.6 Å². The van der Waals surface area contributed by atoms with Crippen LogP contribution in [0.2, 0.25) is 0 Å². The molecule has 1 atom stereocenters. The van der Waals surface area contributed by atoms with Crippen molar-refractivity contribution in [3.63, 3.8) is 0 Å². The summed E-state index contributed by atoms with van der Waals surface area (Å²) in [5, 5.41) is 4.34. The van der Waals surface area contributed by atoms with E-state index in [0.717, 1.165) is 29.9 Å². The number of carbonyl (C=O) groups is 2. The summed E-state index contributed by atoms with van der Waals surface area (Å²) >= 11 is 2.89. The zero-order valence-corrected chi connectivity index (χ0v) is 16.5. The molecule has 3 rings (SSSR count). The van der Waals surface area contributed by atoms with Crippen molar-refractivity contribution in [2.75, 3.05) is 17.7 Å². The summed E-state index contributed by atoms with van der Waals surface area (Å²) in [5.41, 5.74) is 1.61. The summed E-state index contributed by atoms with van der Waals surface area (Å²) in [6.45, 7) is 4.33. The van der Waals surface area contributed by atoms with Crippen LogP contribution >= 0.6 is 23.1 Å². The monoisotopic (exact) mass is 390 g/mol. The van der Waals surface area contributed by atoms with Crippen LogP contribution in [-0.4, -0.2) is 29.2 Å². The molecule has 1 N–H and O–H groups in total. The van der Waals surface area contributed by atoms with Gasteiger partial charge in [0.05, 0.1) is 22.9 Å². The van der Waals surface area contributed by atoms with Gasteiger partial charge in [-0.2, -0.15) is 0 Å². The maximum atomic E-state index is 12.5. The van der Waals surface area contributed by atoms with Crippen LogP contribution in [0.5, 0.6) is 0 Å². The van der Waals surface area contributed by atoms with E-state index in [9.17, 15) is 9.59 Å². The Morgan fingerprint density at radius 1 is 1.42 bits per heavy atom. The van der Waals surface area contributed by atoms with Crippen LogP contribution in [0.4, 0.5) is 5.00 Å². The molecule has 0 radical (unpaired) electrons. The minimum absolute atomic E-state index is 0.141. The second-order valence-corrected chi connectivity index (χ2v) is 8.38. The van der Waals surface area contributed by atoms with Crippen molar-refractivity contribution in [3.8, 4) is 0 Å². The average Bonchev–Trinajstić information content (AvgIpc) is 2.98. The third-order valence-electron chi connectivity index (χ3n) is 4.23. The SMILES string of the molecule is CCOC(=O)c1c(NC(=O)CSc2ccccn2)sc2c1CC[C@H](C)C2. The number of esters is 1. The first kappa shape index (κ1) is 18.9. The number of aromatic nitrogens is 1. The zero-order valence-electron chi connectivity index (χ0n) is 14.9. The maximum absolute atomic E-state index is 12.5. The Morgan fingerprint density at radius 2 is 2.27 bits per heavy atom. The van der Waals surface area contributed by atoms with Gasteiger partial charge < -0.3 is 10.1 Å². The summed E-state index contributed by atoms with van der Waals surface area (Å²) in [5.74, 6) is 0.364. The number of hydrogen-bond donors (Lipinski definition) is 1. The van der Waals surface area contributed by atoms with E-state index in [2.05, 4.69) is 17.2 Å². The van der Waals surface area contributed by atoms with Gasteiger partial charge in [0.15, 0.2) is 0 Å². The zero-order chi connectivity index (χ0) is 18.5. The molecule has 0 fully saturated rings. The van der Waals surface area contributed by atoms with E-state index in [1.54, 1.807) is 13.1 Å². The molecule has 1 amide bonds. The number of thiophene rings is 1. The van der Waals surface area contributed by atoms with Crippen molar-refractivity contribution in [1.82, 2.24) is 4.98 Å². The highest BCUT2D eigenvalue weighted by Crippen LogP contribution is 2.40. The number of nitrogens with one attached hydrogen (secondary N) is 1. The van der Waals surface area contributed by atoms with Gasteiger partial charge in [-0.3, -0.25) is 4.79 Å². The van der Waals surface area contributed by atoms with E-state index in [1.807, 2.05) is 18.2 Å². The molecule has 1 aliphatic carbocycles. The number of pyridine rings is 1. The molecular formula is C19H22N2O3S2. The minimum Gasteiger partial charge on any atom is -0.462 e. The fraction of sp³-hybridized carbons (Fsp3) is 0.421. The molecule has 2 heterocycles. The Bertz CT molecular complexity index is 790. The number of rotatable bonds is 6. The molecule has 0 saturated carbocycles. The molecule has 138 valence electrons. The lowest BCUT2D eigenvalue weighted by Crippen LogP contribution is -2.17. The summed E-state index contributed by atoms with van der Waals surface area (Å²) in [4.78, 5) is 30.2. The van der Waals surface area contributed by atoms with Crippen molar-refractivity contribution in [2.24, 2.45) is 5.92 Å². The standard InChI is InChI=1S/C19H22N2O3S2/c1-3-24-19(23)17-13-8-7-12(2)10-14(13)26-18(17)21-15(22)11-25-16-6-4-5-9-20-16/h4-6,9,12H,3,7-8,10-11H2,1-2H3,(H,21,22)/t12-/m0/s1. The predicted octanol–water partition coefficient (Wildman–Crippen LogP) is 4.18. The lowest BCUT2D eigenvalue weighted by Gasteiger charge is -2.18. The van der Waals surface area contributed by atoms with Crippen LogP contribution in [0.15, 0.2) is 29.4 Å². The topological polar surface area (TPSA) is 68.3 Å². The predicted molar refractivity (Wildman–Crippen MR) is 105 cm³/mol. The molecule has 2 aromatic rings. The fourth-order valence-corrected chi connectivity index (χ4v) is 5.07.